The number of ether oxygens (including phenoxy) is 1. The van der Waals surface area contributed by atoms with Crippen molar-refractivity contribution in [2.75, 3.05) is 20.3 Å². The fraction of sp³-hybridized carbons (Fsp3) is 0.875. The molecule has 0 N–H and O–H groups in total. The first-order valence-corrected chi connectivity index (χ1v) is 3.81. The zero-order chi connectivity index (χ0) is 7.56. The van der Waals surface area contributed by atoms with Crippen LogP contribution in [-0.4, -0.2) is 31.2 Å². The lowest BCUT2D eigenvalue weighted by molar-refractivity contribution is 0.137. The second kappa shape index (κ2) is 3.35. The quantitative estimate of drug-likeness (QED) is 0.536. The summed E-state index contributed by atoms with van der Waals surface area (Å²) in [7, 11) is 5.69. The third-order valence-electron chi connectivity index (χ3n) is 2.43. The van der Waals surface area contributed by atoms with Crippen LogP contribution in [0.2, 0.25) is 0 Å². The van der Waals surface area contributed by atoms with E-state index in [1.165, 1.54) is 6.42 Å². The van der Waals surface area contributed by atoms with Crippen LogP contribution in [0.4, 0.5) is 0 Å². The van der Waals surface area contributed by atoms with Crippen LogP contribution in [0.15, 0.2) is 0 Å². The fourth-order valence-corrected chi connectivity index (χ4v) is 1.51. The summed E-state index contributed by atoms with van der Waals surface area (Å²) in [5.41, 5.74) is 0. The summed E-state index contributed by atoms with van der Waals surface area (Å²) in [6.07, 6.45) is 1.23. The number of nitrogens with zero attached hydrogens (tertiary/aromatic N) is 1. The molecule has 1 aliphatic rings. The molecule has 2 atom stereocenters. The second-order valence-electron chi connectivity index (χ2n) is 3.06. The Kier molecular flexibility index (Phi) is 2.69. The van der Waals surface area contributed by atoms with Gasteiger partial charge in [-0.15, -0.1) is 0 Å². The van der Waals surface area contributed by atoms with Crippen molar-refractivity contribution < 1.29 is 4.74 Å². The molecule has 1 saturated heterocycles. The normalized spacial score (nSPS) is 35.1. The van der Waals surface area contributed by atoms with Gasteiger partial charge in [0.15, 0.2) is 0 Å². The van der Waals surface area contributed by atoms with Gasteiger partial charge in [-0.2, -0.15) is 0 Å². The maximum absolute atomic E-state index is 5.09. The van der Waals surface area contributed by atoms with Crippen LogP contribution in [0.3, 0.4) is 0 Å². The molecule has 10 heavy (non-hydrogen) atoms. The number of rotatable bonds is 2. The van der Waals surface area contributed by atoms with Crippen molar-refractivity contribution in [2.24, 2.45) is 5.92 Å². The van der Waals surface area contributed by atoms with E-state index in [4.69, 9.17) is 4.74 Å². The maximum atomic E-state index is 5.09. The molecule has 0 bridgehead atoms. The highest BCUT2D eigenvalue weighted by Crippen LogP contribution is 2.22. The fourth-order valence-electron chi connectivity index (χ4n) is 1.51. The lowest BCUT2D eigenvalue weighted by Gasteiger charge is -2.26. The van der Waals surface area contributed by atoms with E-state index in [-0.39, 0.29) is 0 Å². The Morgan fingerprint density at radius 1 is 1.70 bits per heavy atom. The smallest absolute Gasteiger partial charge is 0.0504 e. The van der Waals surface area contributed by atoms with Crippen LogP contribution < -0.4 is 0 Å². The summed E-state index contributed by atoms with van der Waals surface area (Å²) >= 11 is 0. The molecule has 1 aliphatic heterocycles. The highest BCUT2D eigenvalue weighted by atomic mass is 16.5. The lowest BCUT2D eigenvalue weighted by Crippen LogP contribution is -2.26. The monoisotopic (exact) mass is 142 g/mol. The first kappa shape index (κ1) is 8.02. The third-order valence-corrected chi connectivity index (χ3v) is 2.43. The molecule has 0 amide bonds. The van der Waals surface area contributed by atoms with Crippen LogP contribution in [0.5, 0.6) is 0 Å². The topological polar surface area (TPSA) is 12.5 Å². The zero-order valence-corrected chi connectivity index (χ0v) is 6.84. The Morgan fingerprint density at radius 2 is 2.40 bits per heavy atom. The molecule has 0 aromatic heterocycles. The van der Waals surface area contributed by atoms with E-state index in [1.807, 2.05) is 0 Å². The van der Waals surface area contributed by atoms with E-state index in [1.54, 1.807) is 7.11 Å². The summed E-state index contributed by atoms with van der Waals surface area (Å²) in [5, 5.41) is 0. The van der Waals surface area contributed by atoms with E-state index >= 15 is 0 Å². The van der Waals surface area contributed by atoms with Crippen LogP contribution >= 0.6 is 0 Å². The van der Waals surface area contributed by atoms with Gasteiger partial charge in [0.25, 0.3) is 0 Å². The molecule has 0 spiro atoms. The van der Waals surface area contributed by atoms with Gasteiger partial charge >= 0.3 is 0 Å². The number of hydrogen-bond acceptors (Lipinski definition) is 2. The van der Waals surface area contributed by atoms with Gasteiger partial charge in [-0.25, -0.2) is 0 Å². The zero-order valence-electron chi connectivity index (χ0n) is 6.84. The van der Waals surface area contributed by atoms with E-state index in [9.17, 15) is 0 Å². The molecule has 0 aromatic rings. The summed E-state index contributed by atoms with van der Waals surface area (Å²) in [6, 6.07) is 0.597. The van der Waals surface area contributed by atoms with Crippen molar-refractivity contribution in [2.45, 2.75) is 19.4 Å². The average Bonchev–Trinajstić information content (AvgIpc) is 2.20. The molecule has 2 nitrogen and oxygen atoms in total. The van der Waals surface area contributed by atoms with E-state index in [2.05, 4.69) is 18.9 Å². The Balaban J connectivity index is 2.33. The van der Waals surface area contributed by atoms with Crippen molar-refractivity contribution >= 4 is 0 Å². The van der Waals surface area contributed by atoms with Crippen molar-refractivity contribution in [1.29, 1.82) is 0 Å². The van der Waals surface area contributed by atoms with Gasteiger partial charge in [-0.3, -0.25) is 7.05 Å². The third kappa shape index (κ3) is 1.50. The largest absolute Gasteiger partial charge is 0.457 e. The first-order valence-electron chi connectivity index (χ1n) is 3.81. The lowest BCUT2D eigenvalue weighted by atomic mass is 10.0. The summed E-state index contributed by atoms with van der Waals surface area (Å²) in [4.78, 5) is 2.14. The van der Waals surface area contributed by atoms with E-state index in [0.29, 0.717) is 12.0 Å². The summed E-state index contributed by atoms with van der Waals surface area (Å²) in [6.45, 7) is 4.21. The van der Waals surface area contributed by atoms with Gasteiger partial charge in [0.1, 0.15) is 0 Å². The van der Waals surface area contributed by atoms with Crippen molar-refractivity contribution in [3.8, 4) is 0 Å². The number of methoxy groups -OCH3 is 1. The summed E-state index contributed by atoms with van der Waals surface area (Å²) in [5.74, 6) is 0.697. The van der Waals surface area contributed by atoms with Crippen LogP contribution in [0.1, 0.15) is 13.3 Å². The number of hydrogen-bond donors (Lipinski definition) is 0. The highest BCUT2D eigenvalue weighted by Gasteiger charge is 2.23. The minimum Gasteiger partial charge on any atom is -0.457 e. The van der Waals surface area contributed by atoms with Gasteiger partial charge in [-0.1, -0.05) is 6.92 Å². The molecule has 1 fully saturated rings. The molecular formula is C8H16NO-. The molecule has 2 heteroatoms. The molecule has 60 valence electrons. The van der Waals surface area contributed by atoms with Crippen LogP contribution in [-0.2, 0) is 4.74 Å². The van der Waals surface area contributed by atoms with Gasteiger partial charge < -0.3 is 9.64 Å². The van der Waals surface area contributed by atoms with Crippen molar-refractivity contribution in [1.82, 2.24) is 4.90 Å². The molecule has 0 aliphatic carbocycles. The van der Waals surface area contributed by atoms with Gasteiger partial charge in [0, 0.05) is 7.11 Å². The second-order valence-corrected chi connectivity index (χ2v) is 3.06. The minimum absolute atomic E-state index is 0.597. The standard InChI is InChI=1S/C8H16NO/c1-7-8(6-10-3)4-5-9(7)2/h7-8H,2,4-6H2,1,3H3/q-1/t7-,8+/m0/s1. The van der Waals surface area contributed by atoms with Crippen LogP contribution in [0.25, 0.3) is 0 Å². The van der Waals surface area contributed by atoms with Crippen molar-refractivity contribution in [3.63, 3.8) is 0 Å². The Labute approximate surface area is 63.2 Å². The highest BCUT2D eigenvalue weighted by molar-refractivity contribution is 4.82. The Hall–Kier alpha value is -0.0800. The molecule has 0 aromatic carbocycles. The van der Waals surface area contributed by atoms with Crippen molar-refractivity contribution in [3.05, 3.63) is 7.05 Å². The predicted molar refractivity (Wildman–Crippen MR) is 41.5 cm³/mol. The number of likely N-dealkylation sites (tertiary alicyclic amines) is 1. The average molecular weight is 142 g/mol. The first-order chi connectivity index (χ1) is 4.75. The van der Waals surface area contributed by atoms with Crippen LogP contribution in [0, 0.1) is 13.0 Å². The SMILES string of the molecule is [CH2-]N1CC[C@H](COC)[C@@H]1C. The van der Waals surface area contributed by atoms with Gasteiger partial charge in [0.05, 0.1) is 6.61 Å². The predicted octanol–water partition coefficient (Wildman–Crippen LogP) is 1.13. The van der Waals surface area contributed by atoms with Gasteiger partial charge in [-0.05, 0) is 24.9 Å². The molecule has 0 saturated carbocycles. The Bertz CT molecular complexity index is 103. The molecular weight excluding hydrogens is 126 g/mol. The van der Waals surface area contributed by atoms with E-state index in [0.717, 1.165) is 13.2 Å². The van der Waals surface area contributed by atoms with Gasteiger partial charge in [0.2, 0.25) is 0 Å². The maximum Gasteiger partial charge on any atom is 0.0504 e. The molecule has 0 unspecified atom stereocenters. The van der Waals surface area contributed by atoms with E-state index < -0.39 is 0 Å². The molecule has 1 rings (SSSR count). The molecule has 1 heterocycles. The minimum atomic E-state index is 0.597. The summed E-state index contributed by atoms with van der Waals surface area (Å²) < 4.78 is 5.09. The Morgan fingerprint density at radius 3 is 2.80 bits per heavy atom. The molecule has 0 radical (unpaired) electrons.